The number of carbonyl (C=O) groups excluding carboxylic acids is 2. The van der Waals surface area contributed by atoms with E-state index in [-0.39, 0.29) is 35.9 Å². The van der Waals surface area contributed by atoms with Crippen LogP contribution in [0.15, 0.2) is 103 Å². The highest BCUT2D eigenvalue weighted by atomic mass is 16.6. The molecule has 4 N–H and O–H groups in total. The summed E-state index contributed by atoms with van der Waals surface area (Å²) in [5.74, 6) is 1.84. The van der Waals surface area contributed by atoms with Crippen molar-refractivity contribution in [3.8, 4) is 33.6 Å². The van der Waals surface area contributed by atoms with Gasteiger partial charge in [0.15, 0.2) is 0 Å². The molecule has 4 atom stereocenters. The molecule has 2 aliphatic heterocycles. The maximum Gasteiger partial charge on any atom is 0.410 e. The van der Waals surface area contributed by atoms with Crippen LogP contribution >= 0.6 is 0 Å². The molecule has 2 fully saturated rings. The van der Waals surface area contributed by atoms with Crippen LogP contribution in [0.3, 0.4) is 0 Å². The molecular weight excluding hydrogens is 699 g/mol. The van der Waals surface area contributed by atoms with Gasteiger partial charge in [0.25, 0.3) is 0 Å². The first kappa shape index (κ1) is 37.2. The van der Waals surface area contributed by atoms with Gasteiger partial charge in [-0.05, 0) is 91.1 Å². The predicted molar refractivity (Wildman–Crippen MR) is 221 cm³/mol. The summed E-state index contributed by atoms with van der Waals surface area (Å²) in [6.07, 6.45) is 5.98. The minimum atomic E-state index is -0.591. The van der Waals surface area contributed by atoms with E-state index >= 15 is 0 Å². The number of hydrogen-bond donors (Lipinski definition) is 3. The van der Waals surface area contributed by atoms with Gasteiger partial charge in [0.1, 0.15) is 17.2 Å². The average molecular weight is 750 g/mol. The monoisotopic (exact) mass is 749 g/mol. The molecular formula is C46H51N7O3. The summed E-state index contributed by atoms with van der Waals surface area (Å²) in [6.45, 7) is 10.9. The lowest BCUT2D eigenvalue weighted by atomic mass is 9.96. The molecule has 0 bridgehead atoms. The maximum absolute atomic E-state index is 13.4. The molecule has 4 aromatic carbocycles. The molecule has 0 radical (unpaired) electrons. The third-order valence-corrected chi connectivity index (χ3v) is 11.2. The van der Waals surface area contributed by atoms with Crippen molar-refractivity contribution in [1.82, 2.24) is 29.7 Å². The molecule has 0 saturated carbocycles. The van der Waals surface area contributed by atoms with E-state index in [2.05, 4.69) is 82.8 Å². The van der Waals surface area contributed by atoms with Crippen molar-refractivity contribution < 1.29 is 14.3 Å². The number of aromatic amines is 2. The lowest BCUT2D eigenvalue weighted by Crippen LogP contribution is -2.46. The lowest BCUT2D eigenvalue weighted by molar-refractivity contribution is -0.134. The van der Waals surface area contributed by atoms with Gasteiger partial charge in [-0.2, -0.15) is 0 Å². The fourth-order valence-electron chi connectivity index (χ4n) is 8.12. The Kier molecular flexibility index (Phi) is 10.0. The van der Waals surface area contributed by atoms with E-state index in [1.807, 2.05) is 75.0 Å². The van der Waals surface area contributed by atoms with E-state index in [4.69, 9.17) is 20.4 Å². The molecule has 288 valence electrons. The first-order valence-electron chi connectivity index (χ1n) is 19.8. The smallest absolute Gasteiger partial charge is 0.410 e. The summed E-state index contributed by atoms with van der Waals surface area (Å²) < 4.78 is 5.82. The second kappa shape index (κ2) is 15.1. The molecule has 4 heterocycles. The van der Waals surface area contributed by atoms with Crippen LogP contribution in [0.1, 0.15) is 89.1 Å². The fraction of sp³-hybridized carbons (Fsp3) is 0.348. The zero-order chi connectivity index (χ0) is 39.1. The number of H-pyrrole nitrogens is 2. The van der Waals surface area contributed by atoms with Crippen LogP contribution in [-0.4, -0.2) is 66.5 Å². The summed E-state index contributed by atoms with van der Waals surface area (Å²) in [4.78, 5) is 46.8. The molecule has 0 unspecified atom stereocenters. The molecule has 6 aromatic rings. The number of imidazole rings is 2. The number of nitrogens with one attached hydrogen (secondary N) is 2. The van der Waals surface area contributed by atoms with E-state index in [1.54, 1.807) is 0 Å². The zero-order valence-electron chi connectivity index (χ0n) is 32.8. The largest absolute Gasteiger partial charge is 0.444 e. The van der Waals surface area contributed by atoms with E-state index < -0.39 is 11.6 Å². The molecule has 2 amide bonds. The number of rotatable bonds is 8. The maximum atomic E-state index is 13.4. The van der Waals surface area contributed by atoms with Gasteiger partial charge in [0.2, 0.25) is 5.91 Å². The number of ether oxygens (including phenoxy) is 1. The molecule has 10 nitrogen and oxygen atoms in total. The SMILES string of the molecule is CC(C)[C@H](N)C(=O)N1CCC[C@H]1c1ncc(-c2ccc3cc(-c4ccc(-c5cnc([C@@H]6C[C@@H](c7ccccc7)CN6C(=O)OC(C)(C)C)[nH]5)cc4)ccc3c2)[nH]1. The molecule has 0 aliphatic carbocycles. The Morgan fingerprint density at radius 3 is 2.02 bits per heavy atom. The third-order valence-electron chi connectivity index (χ3n) is 11.2. The number of nitrogens with two attached hydrogens (primary N) is 1. The second-order valence-electron chi connectivity index (χ2n) is 16.7. The van der Waals surface area contributed by atoms with Crippen molar-refractivity contribution in [1.29, 1.82) is 0 Å². The fourth-order valence-corrected chi connectivity index (χ4v) is 8.12. The van der Waals surface area contributed by atoms with E-state index in [9.17, 15) is 9.59 Å². The highest BCUT2D eigenvalue weighted by Crippen LogP contribution is 2.41. The van der Waals surface area contributed by atoms with Crippen LogP contribution in [0.25, 0.3) is 44.4 Å². The molecule has 8 rings (SSSR count). The van der Waals surface area contributed by atoms with Gasteiger partial charge in [-0.1, -0.05) is 92.7 Å². The third kappa shape index (κ3) is 7.58. The average Bonchev–Trinajstić information content (AvgIpc) is 4.03. The Morgan fingerprint density at radius 2 is 1.36 bits per heavy atom. The number of likely N-dealkylation sites (tertiary alicyclic amines) is 2. The Hall–Kier alpha value is -5.74. The first-order chi connectivity index (χ1) is 26.9. The summed E-state index contributed by atoms with van der Waals surface area (Å²) in [6, 6.07) is 31.0. The van der Waals surface area contributed by atoms with Crippen molar-refractivity contribution in [2.45, 2.75) is 83.5 Å². The van der Waals surface area contributed by atoms with Crippen molar-refractivity contribution in [3.63, 3.8) is 0 Å². The number of carbonyl (C=O) groups is 2. The minimum Gasteiger partial charge on any atom is -0.444 e. The van der Waals surface area contributed by atoms with Gasteiger partial charge < -0.3 is 25.3 Å². The Morgan fingerprint density at radius 1 is 0.768 bits per heavy atom. The van der Waals surface area contributed by atoms with Crippen molar-refractivity contribution >= 4 is 22.8 Å². The zero-order valence-corrected chi connectivity index (χ0v) is 32.8. The number of fused-ring (bicyclic) bond motifs is 1. The van der Waals surface area contributed by atoms with Gasteiger partial charge in [-0.15, -0.1) is 0 Å². The molecule has 10 heteroatoms. The first-order valence-corrected chi connectivity index (χ1v) is 19.8. The molecule has 56 heavy (non-hydrogen) atoms. The number of nitrogens with zero attached hydrogens (tertiary/aromatic N) is 4. The van der Waals surface area contributed by atoms with Gasteiger partial charge in [0, 0.05) is 24.6 Å². The minimum absolute atomic E-state index is 0.00278. The van der Waals surface area contributed by atoms with Crippen LogP contribution in [0.4, 0.5) is 4.79 Å². The molecule has 2 aliphatic rings. The van der Waals surface area contributed by atoms with E-state index in [0.717, 1.165) is 75.3 Å². The summed E-state index contributed by atoms with van der Waals surface area (Å²) in [5.41, 5.74) is 13.0. The number of aromatic nitrogens is 4. The molecule has 2 aromatic heterocycles. The van der Waals surface area contributed by atoms with Crippen LogP contribution in [0.2, 0.25) is 0 Å². The Bertz CT molecular complexity index is 2340. The van der Waals surface area contributed by atoms with Gasteiger partial charge >= 0.3 is 6.09 Å². The number of benzene rings is 4. The predicted octanol–water partition coefficient (Wildman–Crippen LogP) is 9.40. The highest BCUT2D eigenvalue weighted by Gasteiger charge is 2.40. The van der Waals surface area contributed by atoms with Gasteiger partial charge in [0.05, 0.1) is 41.9 Å². The van der Waals surface area contributed by atoms with Crippen molar-refractivity contribution in [2.75, 3.05) is 13.1 Å². The molecule has 0 spiro atoms. The van der Waals surface area contributed by atoms with Crippen LogP contribution in [0.5, 0.6) is 0 Å². The summed E-state index contributed by atoms with van der Waals surface area (Å²) in [5, 5.41) is 2.27. The molecule has 2 saturated heterocycles. The second-order valence-corrected chi connectivity index (χ2v) is 16.7. The van der Waals surface area contributed by atoms with Crippen molar-refractivity contribution in [3.05, 3.63) is 121 Å². The Labute approximate surface area is 328 Å². The lowest BCUT2D eigenvalue weighted by Gasteiger charge is -2.27. The Balaban J connectivity index is 0.970. The van der Waals surface area contributed by atoms with Gasteiger partial charge in [-0.3, -0.25) is 9.69 Å². The summed E-state index contributed by atoms with van der Waals surface area (Å²) in [7, 11) is 0. The van der Waals surface area contributed by atoms with Crippen LogP contribution in [-0.2, 0) is 9.53 Å². The van der Waals surface area contributed by atoms with E-state index in [0.29, 0.717) is 13.1 Å². The number of amides is 2. The van der Waals surface area contributed by atoms with Gasteiger partial charge in [-0.25, -0.2) is 14.8 Å². The normalized spacial score (nSPS) is 19.2. The quantitative estimate of drug-likeness (QED) is 0.142. The standard InChI is InChI=1S/C46H51N7O3/c1-28(2)41(47)44(54)52-21-9-12-39(52)42-48-26-38(51-42)35-20-19-33-22-32(17-18-34(33)23-35)30-13-15-31(16-14-30)37-25-49-43(50-37)40-24-36(29-10-7-6-8-11-29)27-53(40)45(55)56-46(3,4)5/h6-8,10-11,13-20,22-23,25-26,28,36,39-41H,9,12,21,24,27,47H2,1-5H3,(H,48,51)(H,49,50)/t36-,39+,40+,41+/m1/s1. The number of hydrogen-bond acceptors (Lipinski definition) is 6. The van der Waals surface area contributed by atoms with Crippen LogP contribution < -0.4 is 5.73 Å². The van der Waals surface area contributed by atoms with Crippen LogP contribution in [0, 0.1) is 5.92 Å². The van der Waals surface area contributed by atoms with Crippen molar-refractivity contribution in [2.24, 2.45) is 11.7 Å². The topological polar surface area (TPSA) is 133 Å². The van der Waals surface area contributed by atoms with E-state index in [1.165, 1.54) is 5.56 Å². The summed E-state index contributed by atoms with van der Waals surface area (Å²) >= 11 is 0. The highest BCUT2D eigenvalue weighted by molar-refractivity contribution is 5.90.